The molecule has 0 spiro atoms. The van der Waals surface area contributed by atoms with Crippen LogP contribution in [0.4, 0.5) is 0 Å². The summed E-state index contributed by atoms with van der Waals surface area (Å²) < 4.78 is 36.1. The molecule has 0 N–H and O–H groups in total. The van der Waals surface area contributed by atoms with E-state index in [9.17, 15) is 4.79 Å². The van der Waals surface area contributed by atoms with Gasteiger partial charge in [-0.2, -0.15) is 5.06 Å². The first kappa shape index (κ1) is 22.1. The molecule has 3 fully saturated rings. The average Bonchev–Trinajstić information content (AvgIpc) is 3.09. The lowest BCUT2D eigenvalue weighted by Crippen LogP contribution is -2.53. The minimum atomic E-state index is -1.98. The van der Waals surface area contributed by atoms with Gasteiger partial charge in [0.05, 0.1) is 31.7 Å². The van der Waals surface area contributed by atoms with Crippen LogP contribution < -0.4 is 0 Å². The van der Waals surface area contributed by atoms with E-state index < -0.39 is 19.9 Å². The Kier molecular flexibility index (Phi) is 6.01. The molecule has 3 aliphatic rings. The Morgan fingerprint density at radius 2 is 1.71 bits per heavy atom. The summed E-state index contributed by atoms with van der Waals surface area (Å²) in [5, 5.41) is 1.91. The first-order chi connectivity index (χ1) is 12.8. The summed E-state index contributed by atoms with van der Waals surface area (Å²) in [6.45, 7) is 16.5. The zero-order valence-corrected chi connectivity index (χ0v) is 19.3. The van der Waals surface area contributed by atoms with Crippen molar-refractivity contribution in [3.8, 4) is 0 Å². The quantitative estimate of drug-likeness (QED) is 0.482. The van der Waals surface area contributed by atoms with Crippen LogP contribution in [0, 0.1) is 0 Å². The molecule has 0 saturated carbocycles. The molecule has 28 heavy (non-hydrogen) atoms. The maximum Gasteiger partial charge on any atom is 0.307 e. The van der Waals surface area contributed by atoms with Gasteiger partial charge < -0.3 is 28.2 Å². The molecular formula is C19H35NO7Si. The highest BCUT2D eigenvalue weighted by Crippen LogP contribution is 2.45. The molecule has 0 bridgehead atoms. The summed E-state index contributed by atoms with van der Waals surface area (Å²) in [4.78, 5) is 12.3. The smallest absolute Gasteiger partial charge is 0.307 e. The second-order valence-corrected chi connectivity index (χ2v) is 14.0. The number of fused-ring (bicyclic) bond motifs is 1. The number of hydroxylamine groups is 2. The van der Waals surface area contributed by atoms with Gasteiger partial charge >= 0.3 is 5.97 Å². The fourth-order valence-corrected chi connectivity index (χ4v) is 5.08. The van der Waals surface area contributed by atoms with Crippen LogP contribution in [0.15, 0.2) is 0 Å². The summed E-state index contributed by atoms with van der Waals surface area (Å²) >= 11 is 0. The Balaban J connectivity index is 1.92. The van der Waals surface area contributed by atoms with Gasteiger partial charge in [0.1, 0.15) is 18.3 Å². The maximum atomic E-state index is 12.3. The van der Waals surface area contributed by atoms with Crippen molar-refractivity contribution in [3.05, 3.63) is 0 Å². The summed E-state index contributed by atoms with van der Waals surface area (Å²) in [5.74, 6) is -1.67. The summed E-state index contributed by atoms with van der Waals surface area (Å²) in [5.41, 5.74) is 0. The minimum absolute atomic E-state index is 0.173. The van der Waals surface area contributed by atoms with E-state index in [1.807, 2.05) is 32.8 Å². The minimum Gasteiger partial charge on any atom is -0.466 e. The van der Waals surface area contributed by atoms with Crippen LogP contribution >= 0.6 is 0 Å². The van der Waals surface area contributed by atoms with Gasteiger partial charge in [0.2, 0.25) is 8.32 Å². The normalized spacial score (nSPS) is 37.2. The third kappa shape index (κ3) is 4.77. The maximum absolute atomic E-state index is 12.3. The number of carbonyl (C=O) groups excluding carboxylic acids is 1. The van der Waals surface area contributed by atoms with E-state index in [0.29, 0.717) is 13.2 Å². The first-order valence-corrected chi connectivity index (χ1v) is 13.5. The molecule has 5 atom stereocenters. The summed E-state index contributed by atoms with van der Waals surface area (Å²) in [7, 11) is -1.98. The third-order valence-corrected chi connectivity index (χ3v) is 5.73. The molecule has 9 heteroatoms. The van der Waals surface area contributed by atoms with E-state index in [2.05, 4.69) is 19.6 Å². The Labute approximate surface area is 168 Å². The van der Waals surface area contributed by atoms with Gasteiger partial charge in [0.15, 0.2) is 11.6 Å². The van der Waals surface area contributed by atoms with Crippen molar-refractivity contribution in [2.75, 3.05) is 13.2 Å². The number of hydrogen-bond acceptors (Lipinski definition) is 8. The van der Waals surface area contributed by atoms with E-state index in [1.165, 1.54) is 0 Å². The SMILES string of the molecule is CCOC(=O)C[C@@H]1[C@H]2OC(C)(C)O[C@H]2[C@H]([C@@H]2COC(C)(C)O2)N1O[Si](C)(C)C. The van der Waals surface area contributed by atoms with Crippen LogP contribution in [0.25, 0.3) is 0 Å². The predicted octanol–water partition coefficient (Wildman–Crippen LogP) is 2.43. The van der Waals surface area contributed by atoms with Crippen molar-refractivity contribution in [2.24, 2.45) is 0 Å². The highest BCUT2D eigenvalue weighted by atomic mass is 28.4. The molecule has 0 radical (unpaired) electrons. The van der Waals surface area contributed by atoms with Gasteiger partial charge in [-0.1, -0.05) is 0 Å². The molecule has 162 valence electrons. The van der Waals surface area contributed by atoms with Crippen LogP contribution in [0.3, 0.4) is 0 Å². The van der Waals surface area contributed by atoms with Gasteiger partial charge in [-0.05, 0) is 54.3 Å². The van der Waals surface area contributed by atoms with Gasteiger partial charge in [-0.15, -0.1) is 0 Å². The van der Waals surface area contributed by atoms with Crippen LogP contribution in [0.2, 0.25) is 19.6 Å². The van der Waals surface area contributed by atoms with E-state index >= 15 is 0 Å². The number of rotatable bonds is 6. The largest absolute Gasteiger partial charge is 0.466 e. The number of carbonyl (C=O) groups is 1. The van der Waals surface area contributed by atoms with E-state index in [-0.39, 0.29) is 42.8 Å². The zero-order valence-electron chi connectivity index (χ0n) is 18.3. The van der Waals surface area contributed by atoms with Crippen LogP contribution in [-0.4, -0.2) is 74.5 Å². The number of hydrogen-bond donors (Lipinski definition) is 0. The fourth-order valence-electron chi connectivity index (χ4n) is 4.19. The van der Waals surface area contributed by atoms with Crippen LogP contribution in [0.5, 0.6) is 0 Å². The Hall–Kier alpha value is -0.553. The van der Waals surface area contributed by atoms with Crippen LogP contribution in [-0.2, 0) is 33.0 Å². The zero-order chi connectivity index (χ0) is 20.9. The van der Waals surface area contributed by atoms with Gasteiger partial charge in [0.25, 0.3) is 0 Å². The Morgan fingerprint density at radius 3 is 2.25 bits per heavy atom. The molecule has 0 aromatic carbocycles. The third-order valence-electron chi connectivity index (χ3n) is 4.97. The second-order valence-electron chi connectivity index (χ2n) is 9.56. The van der Waals surface area contributed by atoms with Crippen molar-refractivity contribution in [1.82, 2.24) is 5.06 Å². The van der Waals surface area contributed by atoms with Crippen molar-refractivity contribution in [2.45, 2.75) is 103 Å². The molecule has 0 amide bonds. The van der Waals surface area contributed by atoms with Crippen molar-refractivity contribution < 1.29 is 33.0 Å². The molecule has 0 aliphatic carbocycles. The molecule has 0 aromatic rings. The average molecular weight is 418 g/mol. The molecule has 8 nitrogen and oxygen atoms in total. The Bertz CT molecular complexity index is 591. The molecule has 0 unspecified atom stereocenters. The summed E-state index contributed by atoms with van der Waals surface area (Å²) in [6, 6.07) is -0.547. The van der Waals surface area contributed by atoms with Crippen molar-refractivity contribution >= 4 is 14.3 Å². The lowest BCUT2D eigenvalue weighted by molar-refractivity contribution is -0.227. The number of ether oxygens (including phenoxy) is 5. The first-order valence-electron chi connectivity index (χ1n) is 10.1. The van der Waals surface area contributed by atoms with Gasteiger partial charge in [-0.3, -0.25) is 4.79 Å². The van der Waals surface area contributed by atoms with Gasteiger partial charge in [0, 0.05) is 0 Å². The topological polar surface area (TPSA) is 75.7 Å². The van der Waals surface area contributed by atoms with Crippen molar-refractivity contribution in [3.63, 3.8) is 0 Å². The van der Waals surface area contributed by atoms with E-state index in [4.69, 9.17) is 28.2 Å². The lowest BCUT2D eigenvalue weighted by atomic mass is 10.0. The fraction of sp³-hybridized carbons (Fsp3) is 0.947. The Morgan fingerprint density at radius 1 is 1.07 bits per heavy atom. The summed E-state index contributed by atoms with van der Waals surface area (Å²) in [6.07, 6.45) is -0.670. The van der Waals surface area contributed by atoms with E-state index in [0.717, 1.165) is 0 Å². The van der Waals surface area contributed by atoms with Crippen LogP contribution in [0.1, 0.15) is 41.0 Å². The lowest BCUT2D eigenvalue weighted by Gasteiger charge is -2.38. The molecular weight excluding hydrogens is 382 g/mol. The predicted molar refractivity (Wildman–Crippen MR) is 104 cm³/mol. The number of nitrogens with zero attached hydrogens (tertiary/aromatic N) is 1. The second kappa shape index (κ2) is 7.61. The number of esters is 1. The monoisotopic (exact) mass is 417 g/mol. The van der Waals surface area contributed by atoms with Crippen molar-refractivity contribution in [1.29, 1.82) is 0 Å². The molecule has 3 rings (SSSR count). The van der Waals surface area contributed by atoms with Gasteiger partial charge in [-0.25, -0.2) is 0 Å². The van der Waals surface area contributed by atoms with E-state index in [1.54, 1.807) is 6.92 Å². The molecule has 0 aromatic heterocycles. The highest BCUT2D eigenvalue weighted by molar-refractivity contribution is 6.69. The molecule has 3 aliphatic heterocycles. The standard InChI is InChI=1S/C19H35NO7Si/c1-9-22-14(21)10-12-16-17(26-19(4,5)25-16)15(20(12)27-28(6,7)8)13-11-23-18(2,3)24-13/h12-13,15-17H,9-11H2,1-8H3/t12-,13+,15+,16-,17+/m1/s1. The molecule has 3 heterocycles. The highest BCUT2D eigenvalue weighted by Gasteiger charge is 2.62. The molecule has 3 saturated heterocycles.